The van der Waals surface area contributed by atoms with Crippen molar-refractivity contribution in [1.29, 1.82) is 0 Å². The molecule has 0 bridgehead atoms. The van der Waals surface area contributed by atoms with Crippen LogP contribution in [0.2, 0.25) is 0 Å². The number of hydrogen-bond acceptors (Lipinski definition) is 2. The van der Waals surface area contributed by atoms with Crippen molar-refractivity contribution < 1.29 is 4.79 Å². The molecule has 190 valence electrons. The van der Waals surface area contributed by atoms with Crippen LogP contribution in [-0.2, 0) is 0 Å². The van der Waals surface area contributed by atoms with E-state index in [9.17, 15) is 4.79 Å². The summed E-state index contributed by atoms with van der Waals surface area (Å²) < 4.78 is 0. The number of rotatable bonds is 17. The number of urea groups is 1. The van der Waals surface area contributed by atoms with Gasteiger partial charge in [-0.25, -0.2) is 4.79 Å². The molecular formula is C28H57N3O. The lowest BCUT2D eigenvalue weighted by Gasteiger charge is -2.53. The lowest BCUT2D eigenvalue weighted by molar-refractivity contribution is 0.00328. The van der Waals surface area contributed by atoms with E-state index in [4.69, 9.17) is 0 Å². The van der Waals surface area contributed by atoms with Crippen LogP contribution in [0.3, 0.4) is 0 Å². The van der Waals surface area contributed by atoms with Crippen molar-refractivity contribution in [2.24, 2.45) is 0 Å². The fraction of sp³-hybridized carbons (Fsp3) is 0.964. The van der Waals surface area contributed by atoms with Crippen LogP contribution in [0, 0.1) is 0 Å². The normalized spacial score (nSPS) is 19.8. The first-order chi connectivity index (χ1) is 15.2. The van der Waals surface area contributed by atoms with Gasteiger partial charge >= 0.3 is 6.03 Å². The van der Waals surface area contributed by atoms with Crippen molar-refractivity contribution in [3.8, 4) is 0 Å². The van der Waals surface area contributed by atoms with E-state index in [1.54, 1.807) is 0 Å². The number of carbonyl (C=O) groups excluding carboxylic acids is 1. The van der Waals surface area contributed by atoms with Crippen molar-refractivity contribution in [2.75, 3.05) is 6.54 Å². The Balaban J connectivity index is 1.94. The third kappa shape index (κ3) is 12.5. The van der Waals surface area contributed by atoms with Gasteiger partial charge in [0.25, 0.3) is 0 Å². The molecule has 4 heteroatoms. The molecule has 1 rings (SSSR count). The molecule has 0 radical (unpaired) electrons. The molecular weight excluding hydrogens is 394 g/mol. The highest BCUT2D eigenvalue weighted by Crippen LogP contribution is 2.30. The van der Waals surface area contributed by atoms with Gasteiger partial charge in [0.15, 0.2) is 0 Å². The molecule has 0 saturated carbocycles. The highest BCUT2D eigenvalue weighted by atomic mass is 16.2. The number of carbonyl (C=O) groups is 1. The van der Waals surface area contributed by atoms with E-state index in [1.165, 1.54) is 96.3 Å². The zero-order chi connectivity index (χ0) is 23.9. The average molecular weight is 452 g/mol. The van der Waals surface area contributed by atoms with E-state index >= 15 is 0 Å². The Kier molecular flexibility index (Phi) is 14.6. The smallest absolute Gasteiger partial charge is 0.319 e. The minimum atomic E-state index is -0.320. The lowest BCUT2D eigenvalue weighted by atomic mass is 9.88. The van der Waals surface area contributed by atoms with Crippen LogP contribution >= 0.6 is 0 Å². The van der Waals surface area contributed by atoms with Crippen LogP contribution in [0.15, 0.2) is 0 Å². The molecule has 1 saturated heterocycles. The van der Waals surface area contributed by atoms with Gasteiger partial charge < -0.3 is 10.2 Å². The van der Waals surface area contributed by atoms with E-state index in [1.807, 2.05) is 4.90 Å². The number of amides is 2. The van der Waals surface area contributed by atoms with Crippen LogP contribution in [0.4, 0.5) is 4.79 Å². The van der Waals surface area contributed by atoms with E-state index in [-0.39, 0.29) is 23.3 Å². The molecule has 0 aliphatic carbocycles. The van der Waals surface area contributed by atoms with E-state index in [0.717, 1.165) is 19.4 Å². The third-order valence-corrected chi connectivity index (χ3v) is 7.02. The molecule has 1 fully saturated rings. The van der Waals surface area contributed by atoms with Crippen molar-refractivity contribution in [3.63, 3.8) is 0 Å². The van der Waals surface area contributed by atoms with Crippen LogP contribution in [0.5, 0.6) is 0 Å². The van der Waals surface area contributed by atoms with Gasteiger partial charge in [0.2, 0.25) is 0 Å². The predicted octanol–water partition coefficient (Wildman–Crippen LogP) is 8.16. The summed E-state index contributed by atoms with van der Waals surface area (Å²) in [7, 11) is 0. The highest BCUT2D eigenvalue weighted by molar-refractivity contribution is 5.75. The van der Waals surface area contributed by atoms with Crippen LogP contribution in [0.25, 0.3) is 0 Å². The SMILES string of the molecule is CCCCCCCCCCCCCCCCCCNC(=O)N1C(C)CC(C)(C)NC1(C)C. The summed E-state index contributed by atoms with van der Waals surface area (Å²) in [4.78, 5) is 14.8. The maximum atomic E-state index is 12.8. The van der Waals surface area contributed by atoms with Gasteiger partial charge in [0.1, 0.15) is 0 Å². The standard InChI is InChI=1S/C28H57N3O/c1-7-8-9-10-11-12-13-14-15-16-17-18-19-20-21-22-23-29-26(32)31-25(2)24-27(3,4)30-28(31,5)6/h25,30H,7-24H2,1-6H3,(H,29,32). The molecule has 0 aromatic rings. The van der Waals surface area contributed by atoms with Gasteiger partial charge in [-0.2, -0.15) is 0 Å². The topological polar surface area (TPSA) is 44.4 Å². The van der Waals surface area contributed by atoms with Crippen molar-refractivity contribution >= 4 is 6.03 Å². The van der Waals surface area contributed by atoms with E-state index in [0.29, 0.717) is 0 Å². The van der Waals surface area contributed by atoms with Gasteiger partial charge in [0.05, 0.1) is 5.66 Å². The van der Waals surface area contributed by atoms with Crippen molar-refractivity contribution in [1.82, 2.24) is 15.5 Å². The molecule has 2 amide bonds. The Bertz CT molecular complexity index is 489. The van der Waals surface area contributed by atoms with E-state index < -0.39 is 0 Å². The highest BCUT2D eigenvalue weighted by Gasteiger charge is 2.44. The lowest BCUT2D eigenvalue weighted by Crippen LogP contribution is -2.71. The fourth-order valence-electron chi connectivity index (χ4n) is 5.73. The Morgan fingerprint density at radius 1 is 0.781 bits per heavy atom. The summed E-state index contributed by atoms with van der Waals surface area (Å²) in [6.45, 7) is 13.9. The first-order valence-corrected chi connectivity index (χ1v) is 14.1. The number of nitrogens with zero attached hydrogens (tertiary/aromatic N) is 1. The van der Waals surface area contributed by atoms with Crippen LogP contribution in [0.1, 0.15) is 151 Å². The maximum absolute atomic E-state index is 12.8. The molecule has 1 unspecified atom stereocenters. The molecule has 0 aromatic carbocycles. The Labute approximate surface area is 201 Å². The second kappa shape index (κ2) is 16.0. The first kappa shape index (κ1) is 29.3. The minimum Gasteiger partial charge on any atom is -0.338 e. The molecule has 32 heavy (non-hydrogen) atoms. The zero-order valence-corrected chi connectivity index (χ0v) is 22.7. The van der Waals surface area contributed by atoms with Crippen LogP contribution < -0.4 is 10.6 Å². The summed E-state index contributed by atoms with van der Waals surface area (Å²) in [5.41, 5.74) is -0.256. The zero-order valence-electron chi connectivity index (χ0n) is 22.7. The molecule has 1 atom stereocenters. The summed E-state index contributed by atoms with van der Waals surface area (Å²) in [5, 5.41) is 6.78. The molecule has 0 aromatic heterocycles. The summed E-state index contributed by atoms with van der Waals surface area (Å²) in [6.07, 6.45) is 23.0. The third-order valence-electron chi connectivity index (χ3n) is 7.02. The van der Waals surface area contributed by atoms with Crippen LogP contribution in [-0.4, -0.2) is 34.7 Å². The largest absolute Gasteiger partial charge is 0.338 e. The van der Waals surface area contributed by atoms with Gasteiger partial charge in [-0.3, -0.25) is 5.32 Å². The fourth-order valence-corrected chi connectivity index (χ4v) is 5.73. The predicted molar refractivity (Wildman–Crippen MR) is 140 cm³/mol. The van der Waals surface area contributed by atoms with E-state index in [2.05, 4.69) is 52.2 Å². The van der Waals surface area contributed by atoms with Crippen molar-refractivity contribution in [3.05, 3.63) is 0 Å². The minimum absolute atomic E-state index is 0.0631. The molecule has 2 N–H and O–H groups in total. The Morgan fingerprint density at radius 2 is 1.19 bits per heavy atom. The monoisotopic (exact) mass is 451 g/mol. The van der Waals surface area contributed by atoms with Gasteiger partial charge in [-0.15, -0.1) is 0 Å². The second-order valence-corrected chi connectivity index (χ2v) is 11.5. The molecule has 1 aliphatic heterocycles. The Morgan fingerprint density at radius 3 is 1.59 bits per heavy atom. The molecule has 1 aliphatic rings. The first-order valence-electron chi connectivity index (χ1n) is 14.1. The summed E-state index contributed by atoms with van der Waals surface area (Å²) in [6, 6.07) is 0.318. The van der Waals surface area contributed by atoms with Gasteiger partial charge in [-0.05, 0) is 47.5 Å². The quantitative estimate of drug-likeness (QED) is 0.219. The average Bonchev–Trinajstić information content (AvgIpc) is 2.68. The summed E-state index contributed by atoms with van der Waals surface area (Å²) >= 11 is 0. The molecule has 1 heterocycles. The molecule has 4 nitrogen and oxygen atoms in total. The Hall–Kier alpha value is -0.770. The van der Waals surface area contributed by atoms with Gasteiger partial charge in [0, 0.05) is 18.1 Å². The second-order valence-electron chi connectivity index (χ2n) is 11.5. The summed E-state index contributed by atoms with van der Waals surface area (Å²) in [5.74, 6) is 0. The number of hydrogen-bond donors (Lipinski definition) is 2. The van der Waals surface area contributed by atoms with Crippen molar-refractivity contribution in [2.45, 2.75) is 168 Å². The van der Waals surface area contributed by atoms with Gasteiger partial charge in [-0.1, -0.05) is 103 Å². The number of nitrogens with one attached hydrogen (secondary N) is 2. The number of unbranched alkanes of at least 4 members (excludes halogenated alkanes) is 15. The molecule has 0 spiro atoms. The maximum Gasteiger partial charge on any atom is 0.319 e.